The largest absolute Gasteiger partial charge is 0.497 e. The zero-order valence-electron chi connectivity index (χ0n) is 19.5. The molecule has 11 heteroatoms. The van der Waals surface area contributed by atoms with Crippen molar-refractivity contribution in [3.8, 4) is 5.75 Å². The van der Waals surface area contributed by atoms with Crippen LogP contribution in [0.3, 0.4) is 0 Å². The number of benzene rings is 2. The molecule has 0 aliphatic carbocycles. The summed E-state index contributed by atoms with van der Waals surface area (Å²) in [4.78, 5) is 39.1. The number of carbonyl (C=O) groups excluding carboxylic acids is 3. The molecule has 3 rings (SSSR count). The summed E-state index contributed by atoms with van der Waals surface area (Å²) in [7, 11) is -2.18. The van der Waals surface area contributed by atoms with Gasteiger partial charge in [0.2, 0.25) is 15.9 Å². The van der Waals surface area contributed by atoms with Crippen LogP contribution in [-0.2, 0) is 25.2 Å². The molecule has 2 aromatic carbocycles. The van der Waals surface area contributed by atoms with Crippen molar-refractivity contribution >= 4 is 33.6 Å². The number of sulfonamides is 1. The number of ether oxygens (including phenoxy) is 1. The van der Waals surface area contributed by atoms with E-state index in [-0.39, 0.29) is 10.6 Å². The first-order valence-electron chi connectivity index (χ1n) is 10.8. The second kappa shape index (κ2) is 9.82. The summed E-state index contributed by atoms with van der Waals surface area (Å²) < 4.78 is 31.9. The van der Waals surface area contributed by atoms with Crippen LogP contribution in [0.4, 0.5) is 10.5 Å². The molecule has 2 aromatic rings. The van der Waals surface area contributed by atoms with E-state index in [0.29, 0.717) is 24.4 Å². The third-order valence-corrected chi connectivity index (χ3v) is 7.75. The van der Waals surface area contributed by atoms with Crippen LogP contribution < -0.4 is 15.4 Å². The van der Waals surface area contributed by atoms with Gasteiger partial charge in [-0.15, -0.1) is 0 Å². The van der Waals surface area contributed by atoms with Gasteiger partial charge in [-0.1, -0.05) is 32.0 Å². The van der Waals surface area contributed by atoms with Crippen molar-refractivity contribution in [1.82, 2.24) is 14.5 Å². The van der Waals surface area contributed by atoms with Crippen molar-refractivity contribution in [2.45, 2.75) is 31.2 Å². The maximum atomic E-state index is 13.1. The molecule has 34 heavy (non-hydrogen) atoms. The Hall–Kier alpha value is -3.44. The fourth-order valence-corrected chi connectivity index (χ4v) is 5.26. The van der Waals surface area contributed by atoms with E-state index < -0.39 is 40.0 Å². The third kappa shape index (κ3) is 4.75. The predicted molar refractivity (Wildman–Crippen MR) is 126 cm³/mol. The molecule has 1 atom stereocenters. The van der Waals surface area contributed by atoms with E-state index in [1.54, 1.807) is 45.0 Å². The van der Waals surface area contributed by atoms with Crippen LogP contribution >= 0.6 is 0 Å². The zero-order valence-corrected chi connectivity index (χ0v) is 20.3. The lowest BCUT2D eigenvalue weighted by atomic mass is 9.92. The molecule has 1 saturated heterocycles. The zero-order chi connectivity index (χ0) is 25.1. The van der Waals surface area contributed by atoms with Crippen molar-refractivity contribution in [1.29, 1.82) is 0 Å². The van der Waals surface area contributed by atoms with Gasteiger partial charge in [-0.2, -0.15) is 4.31 Å². The SMILES string of the molecule is CCN(CC)S(=O)(=O)c1cccc(NC(=O)CN2C(=O)NC(C)(c3ccc(OC)cc3)C2=O)c1. The average Bonchev–Trinajstić information content (AvgIpc) is 3.03. The number of urea groups is 1. The highest BCUT2D eigenvalue weighted by Gasteiger charge is 2.49. The van der Waals surface area contributed by atoms with Crippen molar-refractivity contribution < 1.29 is 27.5 Å². The molecule has 182 valence electrons. The summed E-state index contributed by atoms with van der Waals surface area (Å²) in [5, 5.41) is 5.21. The number of nitrogens with zero attached hydrogens (tertiary/aromatic N) is 2. The predicted octanol–water partition coefficient (Wildman–Crippen LogP) is 2.13. The van der Waals surface area contributed by atoms with Crippen molar-refractivity contribution in [2.24, 2.45) is 0 Å². The third-order valence-electron chi connectivity index (χ3n) is 5.71. The van der Waals surface area contributed by atoms with Crippen LogP contribution in [0.1, 0.15) is 26.3 Å². The van der Waals surface area contributed by atoms with E-state index in [0.717, 1.165) is 4.90 Å². The van der Waals surface area contributed by atoms with Gasteiger partial charge >= 0.3 is 6.03 Å². The smallest absolute Gasteiger partial charge is 0.325 e. The summed E-state index contributed by atoms with van der Waals surface area (Å²) in [6.07, 6.45) is 0. The molecule has 4 amide bonds. The van der Waals surface area contributed by atoms with E-state index in [2.05, 4.69) is 10.6 Å². The number of hydrogen-bond donors (Lipinski definition) is 2. The second-order valence-corrected chi connectivity index (χ2v) is 9.78. The van der Waals surface area contributed by atoms with Gasteiger partial charge < -0.3 is 15.4 Å². The molecule has 0 radical (unpaired) electrons. The number of imide groups is 1. The average molecular weight is 489 g/mol. The highest BCUT2D eigenvalue weighted by atomic mass is 32.2. The summed E-state index contributed by atoms with van der Waals surface area (Å²) in [6, 6.07) is 11.8. The maximum Gasteiger partial charge on any atom is 0.325 e. The molecule has 0 spiro atoms. The molecule has 1 aliphatic rings. The van der Waals surface area contributed by atoms with Crippen LogP contribution in [-0.4, -0.2) is 62.2 Å². The first-order valence-corrected chi connectivity index (χ1v) is 12.2. The molecule has 0 saturated carbocycles. The van der Waals surface area contributed by atoms with Gasteiger partial charge in [0.25, 0.3) is 5.91 Å². The van der Waals surface area contributed by atoms with E-state index >= 15 is 0 Å². The molecule has 10 nitrogen and oxygen atoms in total. The number of amides is 4. The minimum absolute atomic E-state index is 0.0380. The van der Waals surface area contributed by atoms with Crippen LogP contribution in [0, 0.1) is 0 Å². The Morgan fingerprint density at radius 3 is 2.35 bits per heavy atom. The molecular formula is C23H28N4O6S. The van der Waals surface area contributed by atoms with Gasteiger partial charge in [0.15, 0.2) is 0 Å². The lowest BCUT2D eigenvalue weighted by Gasteiger charge is -2.22. The van der Waals surface area contributed by atoms with E-state index in [1.807, 2.05) is 0 Å². The van der Waals surface area contributed by atoms with Crippen LogP contribution in [0.2, 0.25) is 0 Å². The minimum Gasteiger partial charge on any atom is -0.497 e. The van der Waals surface area contributed by atoms with Gasteiger partial charge in [0, 0.05) is 18.8 Å². The molecule has 1 heterocycles. The number of rotatable bonds is 9. The molecule has 1 fully saturated rings. The molecular weight excluding hydrogens is 460 g/mol. The fraction of sp³-hybridized carbons (Fsp3) is 0.348. The number of anilines is 1. The monoisotopic (exact) mass is 488 g/mol. The molecule has 0 aromatic heterocycles. The van der Waals surface area contributed by atoms with E-state index in [4.69, 9.17) is 4.74 Å². The Morgan fingerprint density at radius 2 is 1.76 bits per heavy atom. The molecule has 1 unspecified atom stereocenters. The summed E-state index contributed by atoms with van der Waals surface area (Å²) in [6.45, 7) is 5.15. The standard InChI is InChI=1S/C23H28N4O6S/c1-5-26(6-2)34(31,32)19-9-7-8-17(14-19)24-20(28)15-27-21(29)23(3,25-22(27)30)16-10-12-18(33-4)13-11-16/h7-14H,5-6,15H2,1-4H3,(H,24,28)(H,25,30). The first-order chi connectivity index (χ1) is 16.1. The lowest BCUT2D eigenvalue weighted by molar-refractivity contribution is -0.133. The Kier molecular flexibility index (Phi) is 7.27. The number of carbonyl (C=O) groups is 3. The van der Waals surface area contributed by atoms with Crippen LogP contribution in [0.15, 0.2) is 53.4 Å². The van der Waals surface area contributed by atoms with E-state index in [9.17, 15) is 22.8 Å². The van der Waals surface area contributed by atoms with Gasteiger partial charge in [-0.3, -0.25) is 14.5 Å². The summed E-state index contributed by atoms with van der Waals surface area (Å²) in [5.41, 5.74) is -0.548. The number of hydrogen-bond acceptors (Lipinski definition) is 6. The van der Waals surface area contributed by atoms with Crippen molar-refractivity contribution in [3.63, 3.8) is 0 Å². The molecule has 2 N–H and O–H groups in total. The highest BCUT2D eigenvalue weighted by molar-refractivity contribution is 7.89. The van der Waals surface area contributed by atoms with Gasteiger partial charge in [-0.05, 0) is 42.8 Å². The quantitative estimate of drug-likeness (QED) is 0.521. The van der Waals surface area contributed by atoms with Gasteiger partial charge in [0.05, 0.1) is 12.0 Å². The second-order valence-electron chi connectivity index (χ2n) is 7.84. The topological polar surface area (TPSA) is 125 Å². The Balaban J connectivity index is 1.74. The Bertz CT molecular complexity index is 1190. The Labute approximate surface area is 198 Å². The summed E-state index contributed by atoms with van der Waals surface area (Å²) in [5.74, 6) is -0.610. The Morgan fingerprint density at radius 1 is 1.12 bits per heavy atom. The number of nitrogens with one attached hydrogen (secondary N) is 2. The van der Waals surface area contributed by atoms with Crippen molar-refractivity contribution in [3.05, 3.63) is 54.1 Å². The normalized spacial score (nSPS) is 18.2. The maximum absolute atomic E-state index is 13.1. The first kappa shape index (κ1) is 25.2. The summed E-state index contributed by atoms with van der Waals surface area (Å²) >= 11 is 0. The van der Waals surface area contributed by atoms with E-state index in [1.165, 1.54) is 35.7 Å². The highest BCUT2D eigenvalue weighted by Crippen LogP contribution is 2.30. The lowest BCUT2D eigenvalue weighted by Crippen LogP contribution is -2.42. The fourth-order valence-electron chi connectivity index (χ4n) is 3.75. The van der Waals surface area contributed by atoms with Gasteiger partial charge in [0.1, 0.15) is 17.8 Å². The van der Waals surface area contributed by atoms with Gasteiger partial charge in [-0.25, -0.2) is 13.2 Å². The van der Waals surface area contributed by atoms with Crippen molar-refractivity contribution in [2.75, 3.05) is 32.1 Å². The van der Waals surface area contributed by atoms with Crippen LogP contribution in [0.25, 0.3) is 0 Å². The minimum atomic E-state index is -3.71. The molecule has 0 bridgehead atoms. The van der Waals surface area contributed by atoms with Crippen LogP contribution in [0.5, 0.6) is 5.75 Å². The molecule has 1 aliphatic heterocycles. The number of methoxy groups -OCH3 is 1.